The molecule has 1 aliphatic heterocycles. The van der Waals surface area contributed by atoms with E-state index in [4.69, 9.17) is 20.8 Å². The normalized spacial score (nSPS) is 17.9. The molecule has 158 valence electrons. The first-order chi connectivity index (χ1) is 14.9. The number of phenols is 1. The second-order valence-electron chi connectivity index (χ2n) is 6.94. The molecule has 2 aromatic carbocycles. The summed E-state index contributed by atoms with van der Waals surface area (Å²) in [5, 5.41) is 21.4. The molecule has 1 aliphatic rings. The molecule has 0 aliphatic carbocycles. The van der Waals surface area contributed by atoms with Crippen molar-refractivity contribution in [2.75, 3.05) is 7.11 Å². The molecule has 2 heterocycles. The highest BCUT2D eigenvalue weighted by Crippen LogP contribution is 2.42. The molecule has 8 heteroatoms. The van der Waals surface area contributed by atoms with Crippen molar-refractivity contribution >= 4 is 29.1 Å². The Bertz CT molecular complexity index is 1170. The summed E-state index contributed by atoms with van der Waals surface area (Å²) in [5.41, 5.74) is 0.749. The number of methoxy groups -OCH3 is 1. The number of Topliss-reactive ketones (excluding diaryl/α,β-unsaturated/α-hetero) is 1. The van der Waals surface area contributed by atoms with E-state index in [1.807, 2.05) is 0 Å². The Morgan fingerprint density at radius 3 is 2.55 bits per heavy atom. The molecule has 0 radical (unpaired) electrons. The molecule has 3 aromatic rings. The first-order valence-electron chi connectivity index (χ1n) is 9.34. The van der Waals surface area contributed by atoms with Gasteiger partial charge in [-0.15, -0.1) is 0 Å². The Morgan fingerprint density at radius 2 is 1.90 bits per heavy atom. The van der Waals surface area contributed by atoms with Crippen LogP contribution >= 0.6 is 11.6 Å². The van der Waals surface area contributed by atoms with Crippen molar-refractivity contribution in [2.24, 2.45) is 0 Å². The quantitative estimate of drug-likeness (QED) is 0.350. The summed E-state index contributed by atoms with van der Waals surface area (Å²) >= 11 is 5.93. The molecular formula is C23H18ClNO6. The van der Waals surface area contributed by atoms with Crippen LogP contribution in [0.2, 0.25) is 5.02 Å². The van der Waals surface area contributed by atoms with E-state index in [0.717, 1.165) is 0 Å². The Morgan fingerprint density at radius 1 is 1.16 bits per heavy atom. The van der Waals surface area contributed by atoms with Gasteiger partial charge in [0.25, 0.3) is 11.7 Å². The van der Waals surface area contributed by atoms with Gasteiger partial charge >= 0.3 is 0 Å². The van der Waals surface area contributed by atoms with E-state index in [2.05, 4.69) is 0 Å². The van der Waals surface area contributed by atoms with Crippen LogP contribution in [0.25, 0.3) is 5.76 Å². The van der Waals surface area contributed by atoms with Crippen molar-refractivity contribution in [3.05, 3.63) is 88.3 Å². The maximum absolute atomic E-state index is 13.0. The minimum Gasteiger partial charge on any atom is -0.507 e. The van der Waals surface area contributed by atoms with Gasteiger partial charge in [0.1, 0.15) is 11.5 Å². The topological polar surface area (TPSA) is 100 Å². The van der Waals surface area contributed by atoms with Crippen molar-refractivity contribution < 1.29 is 29.0 Å². The average molecular weight is 440 g/mol. The number of benzene rings is 2. The van der Waals surface area contributed by atoms with Gasteiger partial charge in [0, 0.05) is 10.6 Å². The third-order valence-electron chi connectivity index (χ3n) is 5.08. The standard InChI is InChI=1S/C23H18ClNO6/c1-30-18-11-14(6-9-17(18)26)20-19(21(27)13-4-7-15(24)8-5-13)22(28)23(29)25(20)12-16-3-2-10-31-16/h2-11,20,26-27H,12H2,1H3/t20-/m0/s1. The molecule has 0 spiro atoms. The Labute approximate surface area is 182 Å². The number of rotatable bonds is 5. The van der Waals surface area contributed by atoms with Crippen LogP contribution in [0.4, 0.5) is 0 Å². The number of ketones is 1. The average Bonchev–Trinajstić information content (AvgIpc) is 3.37. The fourth-order valence-electron chi connectivity index (χ4n) is 3.59. The van der Waals surface area contributed by atoms with Crippen LogP contribution in [-0.2, 0) is 16.1 Å². The molecule has 1 fully saturated rings. The van der Waals surface area contributed by atoms with Crippen LogP contribution in [-0.4, -0.2) is 33.9 Å². The molecule has 1 saturated heterocycles. The van der Waals surface area contributed by atoms with Crippen molar-refractivity contribution in [2.45, 2.75) is 12.6 Å². The summed E-state index contributed by atoms with van der Waals surface area (Å²) in [6.07, 6.45) is 1.47. The summed E-state index contributed by atoms with van der Waals surface area (Å²) < 4.78 is 10.5. The smallest absolute Gasteiger partial charge is 0.296 e. The fraction of sp³-hybridized carbons (Fsp3) is 0.130. The summed E-state index contributed by atoms with van der Waals surface area (Å²) in [7, 11) is 1.40. The first kappa shape index (κ1) is 20.6. The molecule has 31 heavy (non-hydrogen) atoms. The van der Waals surface area contributed by atoms with Crippen molar-refractivity contribution in [3.8, 4) is 11.5 Å². The Hall–Kier alpha value is -3.71. The molecule has 0 bridgehead atoms. The summed E-state index contributed by atoms with van der Waals surface area (Å²) in [6.45, 7) is 0.0167. The van der Waals surface area contributed by atoms with Crippen LogP contribution in [0.5, 0.6) is 11.5 Å². The van der Waals surface area contributed by atoms with Crippen LogP contribution in [0, 0.1) is 0 Å². The maximum Gasteiger partial charge on any atom is 0.296 e. The number of hydrogen-bond acceptors (Lipinski definition) is 6. The van der Waals surface area contributed by atoms with Crippen molar-refractivity contribution in [1.82, 2.24) is 4.90 Å². The molecule has 4 rings (SSSR count). The van der Waals surface area contributed by atoms with E-state index in [9.17, 15) is 19.8 Å². The number of hydrogen-bond donors (Lipinski definition) is 2. The molecule has 7 nitrogen and oxygen atoms in total. The van der Waals surface area contributed by atoms with Gasteiger partial charge in [0.05, 0.1) is 31.5 Å². The summed E-state index contributed by atoms with van der Waals surface area (Å²) in [6, 6.07) is 13.2. The number of carbonyl (C=O) groups is 2. The predicted molar refractivity (Wildman–Crippen MR) is 113 cm³/mol. The zero-order valence-electron chi connectivity index (χ0n) is 16.4. The predicted octanol–water partition coefficient (Wildman–Crippen LogP) is 4.27. The van der Waals surface area contributed by atoms with Crippen LogP contribution in [0.15, 0.2) is 70.9 Å². The van der Waals surface area contributed by atoms with Crippen LogP contribution in [0.1, 0.15) is 22.9 Å². The number of amides is 1. The lowest BCUT2D eigenvalue weighted by Gasteiger charge is -2.25. The number of carbonyl (C=O) groups excluding carboxylic acids is 2. The maximum atomic E-state index is 13.0. The van der Waals surface area contributed by atoms with Gasteiger partial charge in [0.15, 0.2) is 11.5 Å². The highest BCUT2D eigenvalue weighted by molar-refractivity contribution is 6.46. The molecule has 1 amide bonds. The van der Waals surface area contributed by atoms with E-state index in [-0.39, 0.29) is 29.4 Å². The van der Waals surface area contributed by atoms with Gasteiger partial charge in [-0.25, -0.2) is 0 Å². The van der Waals surface area contributed by atoms with Crippen LogP contribution in [0.3, 0.4) is 0 Å². The number of aromatic hydroxyl groups is 1. The lowest BCUT2D eigenvalue weighted by atomic mass is 9.95. The number of halogens is 1. The van der Waals surface area contributed by atoms with E-state index in [1.54, 1.807) is 42.5 Å². The summed E-state index contributed by atoms with van der Waals surface area (Å²) in [4.78, 5) is 27.2. The minimum absolute atomic E-state index is 0.0167. The third-order valence-corrected chi connectivity index (χ3v) is 5.34. The Balaban J connectivity index is 1.89. The Kier molecular flexibility index (Phi) is 5.44. The molecular weight excluding hydrogens is 422 g/mol. The highest BCUT2D eigenvalue weighted by atomic mass is 35.5. The number of likely N-dealkylation sites (tertiary alicyclic amines) is 1. The van der Waals surface area contributed by atoms with Crippen LogP contribution < -0.4 is 4.74 Å². The zero-order chi connectivity index (χ0) is 22.1. The number of aliphatic hydroxyl groups is 1. The van der Waals surface area contributed by atoms with E-state index >= 15 is 0 Å². The second-order valence-corrected chi connectivity index (χ2v) is 7.38. The van der Waals surface area contributed by atoms with E-state index < -0.39 is 17.7 Å². The minimum atomic E-state index is -0.921. The number of phenolic OH excluding ortho intramolecular Hbond substituents is 1. The number of aliphatic hydroxyl groups excluding tert-OH is 1. The number of nitrogens with zero attached hydrogens (tertiary/aromatic N) is 1. The van der Waals surface area contributed by atoms with Gasteiger partial charge < -0.3 is 24.3 Å². The fourth-order valence-corrected chi connectivity index (χ4v) is 3.71. The van der Waals surface area contributed by atoms with Gasteiger partial charge in [-0.2, -0.15) is 0 Å². The monoisotopic (exact) mass is 439 g/mol. The SMILES string of the molecule is COc1cc([C@H]2C(=C(O)c3ccc(Cl)cc3)C(=O)C(=O)N2Cc2ccco2)ccc1O. The second kappa shape index (κ2) is 8.20. The number of furan rings is 1. The van der Waals surface area contributed by atoms with Gasteiger partial charge in [-0.1, -0.05) is 17.7 Å². The van der Waals surface area contributed by atoms with Crippen molar-refractivity contribution in [3.63, 3.8) is 0 Å². The van der Waals surface area contributed by atoms with Gasteiger partial charge in [0.2, 0.25) is 0 Å². The summed E-state index contributed by atoms with van der Waals surface area (Å²) in [5.74, 6) is -1.36. The van der Waals surface area contributed by atoms with Gasteiger partial charge in [-0.05, 0) is 54.1 Å². The molecule has 0 unspecified atom stereocenters. The molecule has 1 atom stereocenters. The highest BCUT2D eigenvalue weighted by Gasteiger charge is 2.46. The van der Waals surface area contributed by atoms with E-state index in [0.29, 0.717) is 21.9 Å². The number of ether oxygens (including phenoxy) is 1. The molecule has 1 aromatic heterocycles. The largest absolute Gasteiger partial charge is 0.507 e. The van der Waals surface area contributed by atoms with E-state index in [1.165, 1.54) is 30.4 Å². The molecule has 0 saturated carbocycles. The third kappa shape index (κ3) is 3.75. The zero-order valence-corrected chi connectivity index (χ0v) is 17.2. The first-order valence-corrected chi connectivity index (χ1v) is 9.72. The molecule has 2 N–H and O–H groups in total. The van der Waals surface area contributed by atoms with Gasteiger partial charge in [-0.3, -0.25) is 9.59 Å². The lowest BCUT2D eigenvalue weighted by molar-refractivity contribution is -0.140. The lowest BCUT2D eigenvalue weighted by Crippen LogP contribution is -2.29. The van der Waals surface area contributed by atoms with Crippen molar-refractivity contribution in [1.29, 1.82) is 0 Å².